The van der Waals surface area contributed by atoms with Crippen molar-refractivity contribution in [2.75, 3.05) is 20.8 Å². The third kappa shape index (κ3) is 7.10. The maximum Gasteiger partial charge on any atom is 0.213 e. The Hall–Kier alpha value is -2.67. The summed E-state index contributed by atoms with van der Waals surface area (Å²) in [4.78, 5) is 2.71. The number of pyridine rings is 1. The summed E-state index contributed by atoms with van der Waals surface area (Å²) in [5, 5.41) is 1.32. The normalized spacial score (nSPS) is 19.7. The number of nitrogens with zero attached hydrogens (tertiary/aromatic N) is 2. The lowest BCUT2D eigenvalue weighted by molar-refractivity contribution is -0.662. The number of halogens is 2. The Balaban J connectivity index is 1.47. The molecule has 0 radical (unpaired) electrons. The summed E-state index contributed by atoms with van der Waals surface area (Å²) in [5.41, 5.74) is 5.11. The predicted octanol–water partition coefficient (Wildman–Crippen LogP) is 8.75. The molecule has 1 aliphatic heterocycles. The van der Waals surface area contributed by atoms with Gasteiger partial charge in [-0.25, -0.2) is 0 Å². The topological polar surface area (TPSA) is 25.6 Å². The first-order chi connectivity index (χ1) is 20.4. The molecule has 5 rings (SSSR count). The predicted molar refractivity (Wildman–Crippen MR) is 179 cm³/mol. The van der Waals surface area contributed by atoms with Gasteiger partial charge in [-0.2, -0.15) is 4.57 Å². The minimum Gasteiger partial charge on any atom is -0.497 e. The lowest BCUT2D eigenvalue weighted by Crippen LogP contribution is -2.41. The zero-order valence-electron chi connectivity index (χ0n) is 24.9. The molecule has 4 nitrogen and oxygen atoms in total. The van der Waals surface area contributed by atoms with E-state index in [1.165, 1.54) is 40.4 Å². The van der Waals surface area contributed by atoms with Crippen molar-refractivity contribution in [3.63, 3.8) is 0 Å². The first-order valence-corrected chi connectivity index (χ1v) is 16.4. The van der Waals surface area contributed by atoms with E-state index in [4.69, 9.17) is 9.47 Å². The average molecular weight is 694 g/mol. The maximum absolute atomic E-state index is 5.57. The van der Waals surface area contributed by atoms with Crippen LogP contribution in [0.25, 0.3) is 10.9 Å². The van der Waals surface area contributed by atoms with E-state index in [0.717, 1.165) is 52.9 Å². The zero-order valence-corrected chi connectivity index (χ0v) is 28.0. The number of ether oxygens (including phenoxy) is 2. The van der Waals surface area contributed by atoms with Crippen LogP contribution in [0.15, 0.2) is 94.5 Å². The Kier molecular flexibility index (Phi) is 10.4. The van der Waals surface area contributed by atoms with Gasteiger partial charge in [0.15, 0.2) is 12.7 Å². The molecular formula is C36H41Br2N2O2+. The molecule has 3 aromatic carbocycles. The van der Waals surface area contributed by atoms with Gasteiger partial charge in [0.25, 0.3) is 0 Å². The van der Waals surface area contributed by atoms with Crippen LogP contribution in [0.3, 0.4) is 0 Å². The maximum atomic E-state index is 5.57. The van der Waals surface area contributed by atoms with E-state index in [-0.39, 0.29) is 0 Å². The van der Waals surface area contributed by atoms with Crippen molar-refractivity contribution in [3.05, 3.63) is 111 Å². The summed E-state index contributed by atoms with van der Waals surface area (Å²) in [7, 11) is 3.46. The molecule has 3 atom stereocenters. The van der Waals surface area contributed by atoms with Crippen LogP contribution < -0.4 is 14.0 Å². The smallest absolute Gasteiger partial charge is 0.213 e. The van der Waals surface area contributed by atoms with Crippen LogP contribution in [-0.2, 0) is 19.5 Å². The van der Waals surface area contributed by atoms with Gasteiger partial charge in [0.05, 0.1) is 14.2 Å². The number of benzene rings is 3. The molecule has 1 aromatic heterocycles. The molecule has 3 unspecified atom stereocenters. The van der Waals surface area contributed by atoms with E-state index in [2.05, 4.69) is 122 Å². The summed E-state index contributed by atoms with van der Waals surface area (Å²) in [6.45, 7) is 9.29. The van der Waals surface area contributed by atoms with Gasteiger partial charge in [-0.1, -0.05) is 57.0 Å². The third-order valence-electron chi connectivity index (χ3n) is 8.95. The molecule has 1 saturated heterocycles. The summed E-state index contributed by atoms with van der Waals surface area (Å²) < 4.78 is 15.6. The van der Waals surface area contributed by atoms with Crippen LogP contribution in [0.5, 0.6) is 11.5 Å². The fourth-order valence-electron chi connectivity index (χ4n) is 6.32. The molecule has 1 fully saturated rings. The molecule has 0 N–H and O–H groups in total. The third-order valence-corrected chi connectivity index (χ3v) is 10.5. The molecular weight excluding hydrogens is 652 g/mol. The van der Waals surface area contributed by atoms with Crippen LogP contribution in [0, 0.1) is 11.8 Å². The highest BCUT2D eigenvalue weighted by molar-refractivity contribution is 9.10. The van der Waals surface area contributed by atoms with E-state index in [1.807, 2.05) is 12.1 Å². The number of allylic oxidation sites excluding steroid dienone is 1. The van der Waals surface area contributed by atoms with Gasteiger partial charge in [-0.15, -0.1) is 6.58 Å². The Morgan fingerprint density at radius 3 is 2.29 bits per heavy atom. The monoisotopic (exact) mass is 691 g/mol. The lowest BCUT2D eigenvalue weighted by atomic mass is 9.83. The molecule has 4 aromatic rings. The molecule has 0 amide bonds. The van der Waals surface area contributed by atoms with Crippen molar-refractivity contribution < 1.29 is 14.0 Å². The first kappa shape index (κ1) is 30.8. The van der Waals surface area contributed by atoms with Crippen LogP contribution in [0.2, 0.25) is 0 Å². The summed E-state index contributed by atoms with van der Waals surface area (Å²) in [6, 6.07) is 24.0. The fraction of sp³-hybridized carbons (Fsp3) is 0.361. The van der Waals surface area contributed by atoms with E-state index < -0.39 is 0 Å². The molecule has 0 spiro atoms. The van der Waals surface area contributed by atoms with Crippen LogP contribution in [-0.4, -0.2) is 31.7 Å². The van der Waals surface area contributed by atoms with Gasteiger partial charge in [-0.05, 0) is 97.7 Å². The fourth-order valence-corrected chi connectivity index (χ4v) is 7.07. The number of methoxy groups -OCH3 is 2. The number of hydrogen-bond acceptors (Lipinski definition) is 3. The van der Waals surface area contributed by atoms with Gasteiger partial charge < -0.3 is 9.47 Å². The Morgan fingerprint density at radius 1 is 0.881 bits per heavy atom. The second-order valence-electron chi connectivity index (χ2n) is 11.5. The van der Waals surface area contributed by atoms with Crippen molar-refractivity contribution in [2.24, 2.45) is 11.8 Å². The number of rotatable bonds is 9. The SMILES string of the molecule is C=CC1CCC(Cc2cc[n+](Cc3cc(OC)ccc3Br)c3ccccc23)N(Cc2cc(OC)ccc2Br)CCC1C. The number of aromatic nitrogens is 1. The van der Waals surface area contributed by atoms with Gasteiger partial charge in [-0.3, -0.25) is 4.90 Å². The molecule has 2 heterocycles. The zero-order chi connectivity index (χ0) is 29.6. The van der Waals surface area contributed by atoms with E-state index >= 15 is 0 Å². The number of para-hydroxylation sites is 1. The molecule has 220 valence electrons. The van der Waals surface area contributed by atoms with Gasteiger partial charge in [0.1, 0.15) is 11.5 Å². The van der Waals surface area contributed by atoms with Gasteiger partial charge >= 0.3 is 0 Å². The molecule has 0 aliphatic carbocycles. The van der Waals surface area contributed by atoms with Crippen LogP contribution in [0.1, 0.15) is 42.9 Å². The first-order valence-electron chi connectivity index (χ1n) is 14.8. The van der Waals surface area contributed by atoms with E-state index in [9.17, 15) is 0 Å². The largest absolute Gasteiger partial charge is 0.497 e. The summed E-state index contributed by atoms with van der Waals surface area (Å²) >= 11 is 7.56. The van der Waals surface area contributed by atoms with Crippen molar-refractivity contribution in [2.45, 2.75) is 51.7 Å². The molecule has 0 bridgehead atoms. The van der Waals surface area contributed by atoms with Crippen molar-refractivity contribution in [1.82, 2.24) is 4.90 Å². The highest BCUT2D eigenvalue weighted by Crippen LogP contribution is 2.32. The minimum absolute atomic E-state index is 0.421. The Labute approximate surface area is 267 Å². The van der Waals surface area contributed by atoms with E-state index in [1.54, 1.807) is 14.2 Å². The van der Waals surface area contributed by atoms with E-state index in [0.29, 0.717) is 17.9 Å². The Bertz CT molecular complexity index is 1540. The summed E-state index contributed by atoms with van der Waals surface area (Å²) in [6.07, 6.45) is 8.92. The number of likely N-dealkylation sites (tertiary alicyclic amines) is 1. The second kappa shape index (κ2) is 14.2. The summed E-state index contributed by atoms with van der Waals surface area (Å²) in [5.74, 6) is 2.97. The quantitative estimate of drug-likeness (QED) is 0.130. The standard InChI is InChI=1S/C36H41Br2N2O2/c1-5-26-10-11-30(39(18-16-25(26)2)23-28-21-31(41-3)12-14-34(28)37)20-27-17-19-40(36-9-7-6-8-33(27)36)24-29-22-32(42-4)13-15-35(29)38/h5-9,12-15,17,19,21-22,25-26,30H,1,10-11,16,18,20,23-24H2,2-4H3/q+1. The highest BCUT2D eigenvalue weighted by atomic mass is 79.9. The average Bonchev–Trinajstić information content (AvgIpc) is 3.01. The van der Waals surface area contributed by atoms with Crippen molar-refractivity contribution >= 4 is 42.8 Å². The van der Waals surface area contributed by atoms with Crippen molar-refractivity contribution in [1.29, 1.82) is 0 Å². The van der Waals surface area contributed by atoms with Crippen molar-refractivity contribution in [3.8, 4) is 11.5 Å². The highest BCUT2D eigenvalue weighted by Gasteiger charge is 2.28. The van der Waals surface area contributed by atoms with Gasteiger partial charge in [0.2, 0.25) is 5.52 Å². The Morgan fingerprint density at radius 2 is 1.57 bits per heavy atom. The van der Waals surface area contributed by atoms with Gasteiger partial charge in [0, 0.05) is 44.6 Å². The lowest BCUT2D eigenvalue weighted by Gasteiger charge is -2.37. The molecule has 1 aliphatic rings. The molecule has 42 heavy (non-hydrogen) atoms. The second-order valence-corrected chi connectivity index (χ2v) is 13.2. The number of fused-ring (bicyclic) bond motifs is 1. The van der Waals surface area contributed by atoms with Crippen LogP contribution >= 0.6 is 31.9 Å². The van der Waals surface area contributed by atoms with Crippen LogP contribution in [0.4, 0.5) is 0 Å². The minimum atomic E-state index is 0.421. The number of hydrogen-bond donors (Lipinski definition) is 0. The molecule has 0 saturated carbocycles. The molecule has 6 heteroatoms.